The molecular formula is C8H17N3O2S2. The molecule has 1 aliphatic heterocycles. The summed E-state index contributed by atoms with van der Waals surface area (Å²) in [7, 11) is -3.31. The van der Waals surface area contributed by atoms with Gasteiger partial charge in [0.25, 0.3) is 10.2 Å². The van der Waals surface area contributed by atoms with Crippen molar-refractivity contribution < 1.29 is 8.42 Å². The zero-order chi connectivity index (χ0) is 11.3. The molecule has 15 heavy (non-hydrogen) atoms. The molecule has 0 aliphatic carbocycles. The Kier molecular flexibility index (Phi) is 4.91. The monoisotopic (exact) mass is 251 g/mol. The van der Waals surface area contributed by atoms with Gasteiger partial charge in [-0.3, -0.25) is 0 Å². The van der Waals surface area contributed by atoms with E-state index in [0.717, 1.165) is 19.3 Å². The van der Waals surface area contributed by atoms with Gasteiger partial charge in [-0.05, 0) is 12.8 Å². The SMILES string of the molecule is NC(=S)CCNS(=O)(=O)N1CCCCC1. The van der Waals surface area contributed by atoms with Crippen molar-refractivity contribution in [1.82, 2.24) is 9.03 Å². The van der Waals surface area contributed by atoms with Gasteiger partial charge >= 0.3 is 0 Å². The Morgan fingerprint density at radius 2 is 1.93 bits per heavy atom. The average Bonchev–Trinajstić information content (AvgIpc) is 2.18. The maximum absolute atomic E-state index is 11.7. The van der Waals surface area contributed by atoms with Crippen molar-refractivity contribution in [1.29, 1.82) is 0 Å². The summed E-state index contributed by atoms with van der Waals surface area (Å²) in [4.78, 5) is 0.330. The van der Waals surface area contributed by atoms with E-state index in [-0.39, 0.29) is 6.54 Å². The lowest BCUT2D eigenvalue weighted by atomic mass is 10.2. The maximum Gasteiger partial charge on any atom is 0.279 e. The second-order valence-electron chi connectivity index (χ2n) is 3.58. The van der Waals surface area contributed by atoms with Gasteiger partial charge in [0.2, 0.25) is 0 Å². The molecule has 0 aromatic rings. The summed E-state index contributed by atoms with van der Waals surface area (Å²) in [6, 6.07) is 0. The van der Waals surface area contributed by atoms with Crippen molar-refractivity contribution in [2.24, 2.45) is 5.73 Å². The largest absolute Gasteiger partial charge is 0.393 e. The van der Waals surface area contributed by atoms with Crippen molar-refractivity contribution >= 4 is 27.4 Å². The van der Waals surface area contributed by atoms with Gasteiger partial charge in [-0.1, -0.05) is 18.6 Å². The summed E-state index contributed by atoms with van der Waals surface area (Å²) >= 11 is 4.67. The number of hydrogen-bond donors (Lipinski definition) is 2. The van der Waals surface area contributed by atoms with Crippen LogP contribution in [0, 0.1) is 0 Å². The van der Waals surface area contributed by atoms with Crippen molar-refractivity contribution in [2.45, 2.75) is 25.7 Å². The quantitative estimate of drug-likeness (QED) is 0.674. The number of nitrogens with one attached hydrogen (secondary N) is 1. The van der Waals surface area contributed by atoms with Crippen LogP contribution in [0.25, 0.3) is 0 Å². The second-order valence-corrected chi connectivity index (χ2v) is 5.85. The lowest BCUT2D eigenvalue weighted by Crippen LogP contribution is -2.44. The summed E-state index contributed by atoms with van der Waals surface area (Å²) in [6.45, 7) is 1.51. The minimum atomic E-state index is -3.31. The zero-order valence-corrected chi connectivity index (χ0v) is 10.2. The van der Waals surface area contributed by atoms with E-state index in [4.69, 9.17) is 5.73 Å². The van der Waals surface area contributed by atoms with Gasteiger partial charge < -0.3 is 5.73 Å². The minimum Gasteiger partial charge on any atom is -0.393 e. The van der Waals surface area contributed by atoms with Gasteiger partial charge in [-0.2, -0.15) is 12.7 Å². The molecule has 1 heterocycles. The number of nitrogens with zero attached hydrogens (tertiary/aromatic N) is 1. The summed E-state index contributed by atoms with van der Waals surface area (Å²) in [5, 5.41) is 0. The Hall–Kier alpha value is -0.240. The van der Waals surface area contributed by atoms with Crippen LogP contribution in [0.5, 0.6) is 0 Å². The van der Waals surface area contributed by atoms with Crippen molar-refractivity contribution in [2.75, 3.05) is 19.6 Å². The Bertz CT molecular complexity index is 310. The molecular weight excluding hydrogens is 234 g/mol. The Balaban J connectivity index is 2.40. The van der Waals surface area contributed by atoms with E-state index in [1.165, 1.54) is 4.31 Å². The van der Waals surface area contributed by atoms with Crippen LogP contribution < -0.4 is 10.5 Å². The first-order valence-electron chi connectivity index (χ1n) is 5.05. The molecule has 1 aliphatic rings. The Labute approximate surface area is 96.2 Å². The van der Waals surface area contributed by atoms with Crippen LogP contribution in [0.1, 0.15) is 25.7 Å². The highest BCUT2D eigenvalue weighted by molar-refractivity contribution is 7.87. The molecule has 1 rings (SSSR count). The first-order valence-corrected chi connectivity index (χ1v) is 6.90. The number of thiocarbonyl (C=S) groups is 1. The molecule has 0 aromatic carbocycles. The molecule has 0 radical (unpaired) electrons. The fourth-order valence-electron chi connectivity index (χ4n) is 1.50. The van der Waals surface area contributed by atoms with Gasteiger partial charge in [0.15, 0.2) is 0 Å². The molecule has 0 amide bonds. The van der Waals surface area contributed by atoms with Gasteiger partial charge in [-0.25, -0.2) is 4.72 Å². The molecule has 7 heteroatoms. The van der Waals surface area contributed by atoms with Crippen LogP contribution >= 0.6 is 12.2 Å². The summed E-state index contributed by atoms with van der Waals surface area (Å²) in [5.41, 5.74) is 5.28. The summed E-state index contributed by atoms with van der Waals surface area (Å²) in [5.74, 6) is 0. The molecule has 0 atom stereocenters. The molecule has 3 N–H and O–H groups in total. The Morgan fingerprint density at radius 1 is 1.33 bits per heavy atom. The lowest BCUT2D eigenvalue weighted by Gasteiger charge is -2.25. The molecule has 88 valence electrons. The molecule has 0 unspecified atom stereocenters. The molecule has 1 fully saturated rings. The summed E-state index contributed by atoms with van der Waals surface area (Å²) < 4.78 is 27.4. The van der Waals surface area contributed by atoms with Gasteiger partial charge in [-0.15, -0.1) is 0 Å². The highest BCUT2D eigenvalue weighted by Gasteiger charge is 2.22. The van der Waals surface area contributed by atoms with Crippen LogP contribution in [0.4, 0.5) is 0 Å². The minimum absolute atomic E-state index is 0.286. The molecule has 0 saturated carbocycles. The second kappa shape index (κ2) is 5.74. The molecule has 0 spiro atoms. The average molecular weight is 251 g/mol. The van der Waals surface area contributed by atoms with Crippen LogP contribution in [0.3, 0.4) is 0 Å². The van der Waals surface area contributed by atoms with Crippen molar-refractivity contribution in [3.63, 3.8) is 0 Å². The van der Waals surface area contributed by atoms with E-state index >= 15 is 0 Å². The number of rotatable bonds is 5. The highest BCUT2D eigenvalue weighted by Crippen LogP contribution is 2.11. The fourth-order valence-corrected chi connectivity index (χ4v) is 2.88. The predicted molar refractivity (Wildman–Crippen MR) is 63.7 cm³/mol. The highest BCUT2D eigenvalue weighted by atomic mass is 32.2. The number of piperidine rings is 1. The van der Waals surface area contributed by atoms with Crippen molar-refractivity contribution in [3.8, 4) is 0 Å². The van der Waals surface area contributed by atoms with Crippen LogP contribution in [0.2, 0.25) is 0 Å². The van der Waals surface area contributed by atoms with E-state index in [1.54, 1.807) is 0 Å². The lowest BCUT2D eigenvalue weighted by molar-refractivity contribution is 0.342. The third-order valence-corrected chi connectivity index (χ3v) is 4.13. The van der Waals surface area contributed by atoms with E-state index in [2.05, 4.69) is 16.9 Å². The first-order chi connectivity index (χ1) is 7.02. The number of hydrogen-bond acceptors (Lipinski definition) is 3. The zero-order valence-electron chi connectivity index (χ0n) is 8.61. The van der Waals surface area contributed by atoms with E-state index < -0.39 is 10.2 Å². The standard InChI is InChI=1S/C8H17N3O2S2/c9-8(14)4-5-10-15(12,13)11-6-2-1-3-7-11/h10H,1-7H2,(H2,9,14). The molecule has 1 saturated heterocycles. The van der Waals surface area contributed by atoms with Gasteiger partial charge in [0, 0.05) is 26.1 Å². The van der Waals surface area contributed by atoms with E-state index in [1.807, 2.05) is 0 Å². The van der Waals surface area contributed by atoms with Crippen molar-refractivity contribution in [3.05, 3.63) is 0 Å². The molecule has 0 bridgehead atoms. The first kappa shape index (κ1) is 12.8. The maximum atomic E-state index is 11.7. The van der Waals surface area contributed by atoms with E-state index in [0.29, 0.717) is 24.5 Å². The topological polar surface area (TPSA) is 75.4 Å². The third kappa shape index (κ3) is 4.42. The normalized spacial score (nSPS) is 18.9. The predicted octanol–water partition coefficient (Wildman–Crippen LogP) is -0.0171. The van der Waals surface area contributed by atoms with Gasteiger partial charge in [0.1, 0.15) is 0 Å². The smallest absolute Gasteiger partial charge is 0.279 e. The van der Waals surface area contributed by atoms with Gasteiger partial charge in [0.05, 0.1) is 4.99 Å². The fraction of sp³-hybridized carbons (Fsp3) is 0.875. The molecule has 0 aromatic heterocycles. The Morgan fingerprint density at radius 3 is 2.47 bits per heavy atom. The number of nitrogens with two attached hydrogens (primary N) is 1. The van der Waals surface area contributed by atoms with Crippen LogP contribution in [-0.2, 0) is 10.2 Å². The molecule has 5 nitrogen and oxygen atoms in total. The third-order valence-electron chi connectivity index (χ3n) is 2.31. The van der Waals surface area contributed by atoms with Crippen LogP contribution in [-0.4, -0.2) is 37.3 Å². The van der Waals surface area contributed by atoms with E-state index in [9.17, 15) is 8.42 Å². The van der Waals surface area contributed by atoms with Crippen LogP contribution in [0.15, 0.2) is 0 Å². The summed E-state index contributed by atoms with van der Waals surface area (Å²) in [6.07, 6.45) is 3.40.